The van der Waals surface area contributed by atoms with Crippen LogP contribution in [0.2, 0.25) is 0 Å². The Balaban J connectivity index is 2.37. The average molecular weight is 331 g/mol. The van der Waals surface area contributed by atoms with E-state index in [1.54, 1.807) is 42.5 Å². The van der Waals surface area contributed by atoms with Gasteiger partial charge in [0.05, 0.1) is 18.5 Å². The van der Waals surface area contributed by atoms with Crippen LogP contribution < -0.4 is 4.31 Å². The van der Waals surface area contributed by atoms with Crippen LogP contribution in [-0.4, -0.2) is 21.8 Å². The predicted octanol–water partition coefficient (Wildman–Crippen LogP) is 3.46. The zero-order valence-electron chi connectivity index (χ0n) is 12.8. The molecule has 0 heterocycles. The van der Waals surface area contributed by atoms with Crippen molar-refractivity contribution in [1.82, 2.24) is 0 Å². The summed E-state index contributed by atoms with van der Waals surface area (Å²) in [6.45, 7) is 1.95. The van der Waals surface area contributed by atoms with Gasteiger partial charge in [-0.05, 0) is 42.8 Å². The van der Waals surface area contributed by atoms with Gasteiger partial charge >= 0.3 is 5.97 Å². The lowest BCUT2D eigenvalue weighted by Gasteiger charge is -2.20. The summed E-state index contributed by atoms with van der Waals surface area (Å²) in [4.78, 5) is 11.2. The Labute approximate surface area is 137 Å². The Bertz CT molecular complexity index is 741. The van der Waals surface area contributed by atoms with Crippen molar-refractivity contribution in [2.75, 3.05) is 11.4 Å². The normalized spacial score (nSPS) is 12.1. The third-order valence-electron chi connectivity index (χ3n) is 3.14. The van der Waals surface area contributed by atoms with Crippen LogP contribution in [0.1, 0.15) is 11.1 Å². The predicted molar refractivity (Wildman–Crippen MR) is 91.6 cm³/mol. The molecule has 2 aromatic carbocycles. The Morgan fingerprint density at radius 1 is 1.17 bits per heavy atom. The molecule has 0 spiro atoms. The zero-order chi connectivity index (χ0) is 16.8. The van der Waals surface area contributed by atoms with Gasteiger partial charge in [0.15, 0.2) is 0 Å². The number of hydrogen-bond acceptors (Lipinski definition) is 3. The van der Waals surface area contributed by atoms with E-state index in [1.165, 1.54) is 17.5 Å². The van der Waals surface area contributed by atoms with Crippen molar-refractivity contribution in [3.05, 3.63) is 65.7 Å². The van der Waals surface area contributed by atoms with Gasteiger partial charge in [-0.15, -0.1) is 0 Å². The Hall–Kier alpha value is -2.44. The van der Waals surface area contributed by atoms with Crippen LogP contribution >= 0.6 is 0 Å². The number of benzene rings is 2. The molecule has 0 saturated heterocycles. The van der Waals surface area contributed by atoms with Gasteiger partial charge in [-0.3, -0.25) is 4.55 Å². The fourth-order valence-electron chi connectivity index (χ4n) is 2.00. The number of carbonyl (C=O) groups excluding carboxylic acids is 1. The van der Waals surface area contributed by atoms with Crippen LogP contribution in [0.3, 0.4) is 0 Å². The van der Waals surface area contributed by atoms with Gasteiger partial charge < -0.3 is 4.74 Å². The second-order valence-electron chi connectivity index (χ2n) is 4.81. The molecule has 0 aliphatic heterocycles. The van der Waals surface area contributed by atoms with Crippen LogP contribution in [0.25, 0.3) is 6.08 Å². The molecule has 5 nitrogen and oxygen atoms in total. The summed E-state index contributed by atoms with van der Waals surface area (Å²) in [5, 5.41) is 0. The third kappa shape index (κ3) is 4.51. The second kappa shape index (κ2) is 7.71. The summed E-state index contributed by atoms with van der Waals surface area (Å²) in [5.41, 5.74) is 2.93. The van der Waals surface area contributed by atoms with Crippen molar-refractivity contribution in [3.63, 3.8) is 0 Å². The number of nitrogens with zero attached hydrogens (tertiary/aromatic N) is 1. The monoisotopic (exact) mass is 331 g/mol. The van der Waals surface area contributed by atoms with Gasteiger partial charge in [0, 0.05) is 6.08 Å². The first kappa shape index (κ1) is 16.9. The van der Waals surface area contributed by atoms with E-state index in [1.807, 2.05) is 19.1 Å². The molecule has 1 atom stereocenters. The van der Waals surface area contributed by atoms with Gasteiger partial charge in [-0.1, -0.05) is 29.8 Å². The van der Waals surface area contributed by atoms with Crippen LogP contribution in [0, 0.1) is 6.92 Å². The number of rotatable bonds is 5. The molecule has 0 radical (unpaired) electrons. The Kier molecular flexibility index (Phi) is 5.67. The quantitative estimate of drug-likeness (QED) is 0.518. The fourth-order valence-corrected chi connectivity index (χ4v) is 2.59. The lowest BCUT2D eigenvalue weighted by molar-refractivity contribution is -0.134. The summed E-state index contributed by atoms with van der Waals surface area (Å²) in [6.07, 6.45) is 2.88. The molecule has 23 heavy (non-hydrogen) atoms. The molecule has 0 bridgehead atoms. The molecule has 2 aromatic rings. The van der Waals surface area contributed by atoms with E-state index in [0.717, 1.165) is 11.1 Å². The minimum absolute atomic E-state index is 0.462. The van der Waals surface area contributed by atoms with Crippen LogP contribution in [-0.2, 0) is 20.8 Å². The molecule has 0 saturated carbocycles. The molecule has 0 aliphatic carbocycles. The van der Waals surface area contributed by atoms with Crippen molar-refractivity contribution >= 4 is 34.7 Å². The van der Waals surface area contributed by atoms with E-state index in [2.05, 4.69) is 4.74 Å². The summed E-state index contributed by atoms with van der Waals surface area (Å²) < 4.78 is 27.2. The zero-order valence-corrected chi connectivity index (χ0v) is 13.6. The highest BCUT2D eigenvalue weighted by atomic mass is 32.2. The second-order valence-corrected chi connectivity index (χ2v) is 5.64. The maximum atomic E-state index is 11.8. The van der Waals surface area contributed by atoms with E-state index < -0.39 is 17.2 Å². The topological polar surface area (TPSA) is 66.8 Å². The largest absolute Gasteiger partial charge is 0.466 e. The molecular formula is C17H17NO4S. The van der Waals surface area contributed by atoms with Gasteiger partial charge in [0.1, 0.15) is 0 Å². The summed E-state index contributed by atoms with van der Waals surface area (Å²) in [6, 6.07) is 14.3. The lowest BCUT2D eigenvalue weighted by atomic mass is 10.1. The molecule has 1 N–H and O–H groups in total. The van der Waals surface area contributed by atoms with Crippen molar-refractivity contribution in [3.8, 4) is 0 Å². The van der Waals surface area contributed by atoms with E-state index in [4.69, 9.17) is 0 Å². The van der Waals surface area contributed by atoms with Gasteiger partial charge in [-0.25, -0.2) is 13.3 Å². The average Bonchev–Trinajstić information content (AvgIpc) is 2.55. The molecule has 2 rings (SSSR count). The maximum Gasteiger partial charge on any atom is 0.330 e. The lowest BCUT2D eigenvalue weighted by Crippen LogP contribution is -2.19. The summed E-state index contributed by atoms with van der Waals surface area (Å²) >= 11 is -2.22. The van der Waals surface area contributed by atoms with Gasteiger partial charge in [0.2, 0.25) is 0 Å². The minimum atomic E-state index is -2.22. The van der Waals surface area contributed by atoms with Crippen LogP contribution in [0.5, 0.6) is 0 Å². The fraction of sp³-hybridized carbons (Fsp3) is 0.118. The first-order chi connectivity index (χ1) is 11.0. The molecule has 0 fully saturated rings. The summed E-state index contributed by atoms with van der Waals surface area (Å²) in [5.74, 6) is -0.462. The number of ether oxygens (including phenoxy) is 1. The van der Waals surface area contributed by atoms with E-state index in [-0.39, 0.29) is 0 Å². The number of esters is 1. The smallest absolute Gasteiger partial charge is 0.330 e. The number of hydrogen-bond donors (Lipinski definition) is 1. The van der Waals surface area contributed by atoms with Crippen molar-refractivity contribution in [2.24, 2.45) is 0 Å². The van der Waals surface area contributed by atoms with Crippen molar-refractivity contribution in [1.29, 1.82) is 0 Å². The Morgan fingerprint density at radius 3 is 2.48 bits per heavy atom. The minimum Gasteiger partial charge on any atom is -0.466 e. The number of aryl methyl sites for hydroxylation is 1. The molecule has 120 valence electrons. The molecule has 0 aromatic heterocycles. The Morgan fingerprint density at radius 2 is 1.87 bits per heavy atom. The molecule has 1 unspecified atom stereocenters. The molecular weight excluding hydrogens is 314 g/mol. The first-order valence-electron chi connectivity index (χ1n) is 6.85. The number of anilines is 2. The summed E-state index contributed by atoms with van der Waals surface area (Å²) in [7, 11) is 1.30. The standard InChI is InChI=1S/C17H17NO4S/c1-13-6-9-15(10-7-13)18(23(20)21)16-5-3-4-14(12-16)8-11-17(19)22-2/h3-12H,1-2H3,(H,20,21). The highest BCUT2D eigenvalue weighted by molar-refractivity contribution is 7.81. The maximum absolute atomic E-state index is 11.8. The van der Waals surface area contributed by atoms with Gasteiger partial charge in [0.25, 0.3) is 11.3 Å². The number of carbonyl (C=O) groups is 1. The SMILES string of the molecule is COC(=O)C=Cc1cccc(N(c2ccc(C)cc2)S(=O)O)c1. The van der Waals surface area contributed by atoms with Crippen LogP contribution in [0.4, 0.5) is 11.4 Å². The number of methoxy groups -OCH3 is 1. The molecule has 6 heteroatoms. The van der Waals surface area contributed by atoms with E-state index >= 15 is 0 Å². The highest BCUT2D eigenvalue weighted by Crippen LogP contribution is 2.28. The van der Waals surface area contributed by atoms with Crippen LogP contribution in [0.15, 0.2) is 54.6 Å². The first-order valence-corrected chi connectivity index (χ1v) is 7.91. The van der Waals surface area contributed by atoms with Gasteiger partial charge in [-0.2, -0.15) is 0 Å². The molecule has 0 amide bonds. The third-order valence-corrected chi connectivity index (χ3v) is 3.88. The van der Waals surface area contributed by atoms with E-state index in [9.17, 15) is 13.6 Å². The van der Waals surface area contributed by atoms with Crippen molar-refractivity contribution in [2.45, 2.75) is 6.92 Å². The van der Waals surface area contributed by atoms with E-state index in [0.29, 0.717) is 11.4 Å². The molecule has 0 aliphatic rings. The van der Waals surface area contributed by atoms with Crippen molar-refractivity contribution < 1.29 is 18.3 Å². The highest BCUT2D eigenvalue weighted by Gasteiger charge is 2.15.